The molecule has 0 fully saturated rings. The van der Waals surface area contributed by atoms with Gasteiger partial charge in [0.25, 0.3) is 0 Å². The smallest absolute Gasteiger partial charge is 0.151 e. The molecule has 110 valence electrons. The molecule has 0 saturated heterocycles. The highest BCUT2D eigenvalue weighted by Crippen LogP contribution is 2.32. The Hall–Kier alpha value is -0.890. The lowest BCUT2D eigenvalue weighted by Crippen LogP contribution is -1.98. The fourth-order valence-corrected chi connectivity index (χ4v) is 2.83. The molecule has 3 aromatic rings. The number of para-hydroxylation sites is 1. The minimum absolute atomic E-state index is 0. The molecule has 0 amide bonds. The molecule has 4 N–H and O–H groups in total. The van der Waals surface area contributed by atoms with Gasteiger partial charge in [-0.15, -0.1) is 48.6 Å². The molecule has 0 spiro atoms. The van der Waals surface area contributed by atoms with E-state index in [4.69, 9.17) is 11.6 Å². The number of halogens is 3. The summed E-state index contributed by atoms with van der Waals surface area (Å²) in [4.78, 5) is 13.3. The number of anilines is 1. The van der Waals surface area contributed by atoms with E-state index in [9.17, 15) is 0 Å². The summed E-state index contributed by atoms with van der Waals surface area (Å²) in [5.74, 6) is 5.50. The molecule has 0 bridgehead atoms. The highest BCUT2D eigenvalue weighted by atomic mass is 35.5. The third kappa shape index (κ3) is 3.22. The van der Waals surface area contributed by atoms with Crippen LogP contribution in [0.2, 0.25) is 0 Å². The van der Waals surface area contributed by atoms with Crippen molar-refractivity contribution >= 4 is 75.5 Å². The van der Waals surface area contributed by atoms with Crippen molar-refractivity contribution in [2.24, 2.45) is 5.90 Å². The van der Waals surface area contributed by atoms with Gasteiger partial charge in [0.05, 0.1) is 10.2 Å². The van der Waals surface area contributed by atoms with Crippen LogP contribution < -0.4 is 11.6 Å². The lowest BCUT2D eigenvalue weighted by molar-refractivity contribution is 0.124. The van der Waals surface area contributed by atoms with Crippen LogP contribution in [0.15, 0.2) is 24.3 Å². The SMILES string of the molecule is Cl.Cl.Cl.NOCc1nc2c(N)nc3ccccc3c2s1. The summed E-state index contributed by atoms with van der Waals surface area (Å²) in [5, 5.41) is 1.85. The normalized spacial score (nSPS) is 9.65. The molecule has 0 saturated carbocycles. The molecule has 20 heavy (non-hydrogen) atoms. The predicted molar refractivity (Wildman–Crippen MR) is 90.1 cm³/mol. The Labute approximate surface area is 137 Å². The molecule has 5 nitrogen and oxygen atoms in total. The van der Waals surface area contributed by atoms with Gasteiger partial charge < -0.3 is 5.73 Å². The van der Waals surface area contributed by atoms with Crippen LogP contribution in [0.4, 0.5) is 5.82 Å². The molecular formula is C11H13Cl3N4OS. The van der Waals surface area contributed by atoms with Crippen LogP contribution in [-0.2, 0) is 11.4 Å². The second-order valence-corrected chi connectivity index (χ2v) is 4.69. The number of thiazole rings is 1. The number of rotatable bonds is 2. The Balaban J connectivity index is 0.00000120. The van der Waals surface area contributed by atoms with E-state index < -0.39 is 0 Å². The number of nitrogens with zero attached hydrogens (tertiary/aromatic N) is 2. The molecule has 0 atom stereocenters. The summed E-state index contributed by atoms with van der Waals surface area (Å²) in [6.45, 7) is 0.285. The van der Waals surface area contributed by atoms with Crippen molar-refractivity contribution in [2.75, 3.05) is 5.73 Å². The number of fused-ring (bicyclic) bond motifs is 3. The monoisotopic (exact) mass is 354 g/mol. The second kappa shape index (κ2) is 7.78. The van der Waals surface area contributed by atoms with Crippen molar-refractivity contribution in [1.82, 2.24) is 9.97 Å². The molecule has 2 heterocycles. The molecular weight excluding hydrogens is 343 g/mol. The topological polar surface area (TPSA) is 87.0 Å². The fraction of sp³-hybridized carbons (Fsp3) is 0.0909. The molecule has 0 aliphatic carbocycles. The predicted octanol–water partition coefficient (Wildman–Crippen LogP) is 3.08. The molecule has 9 heteroatoms. The Kier molecular flexibility index (Phi) is 7.43. The highest BCUT2D eigenvalue weighted by Gasteiger charge is 2.11. The summed E-state index contributed by atoms with van der Waals surface area (Å²) in [6, 6.07) is 7.85. The van der Waals surface area contributed by atoms with Crippen LogP contribution in [0.5, 0.6) is 0 Å². The number of hydrogen-bond acceptors (Lipinski definition) is 6. The van der Waals surface area contributed by atoms with E-state index >= 15 is 0 Å². The van der Waals surface area contributed by atoms with Crippen LogP contribution >= 0.6 is 48.6 Å². The number of hydrogen-bond donors (Lipinski definition) is 2. The lowest BCUT2D eigenvalue weighted by Gasteiger charge is -1.99. The van der Waals surface area contributed by atoms with Gasteiger partial charge in [0.1, 0.15) is 17.1 Å². The molecule has 2 aromatic heterocycles. The first kappa shape index (κ1) is 19.1. The van der Waals surface area contributed by atoms with Gasteiger partial charge in [-0.25, -0.2) is 15.9 Å². The Morgan fingerprint density at radius 3 is 2.50 bits per heavy atom. The van der Waals surface area contributed by atoms with E-state index in [0.717, 1.165) is 26.1 Å². The lowest BCUT2D eigenvalue weighted by atomic mass is 10.2. The van der Waals surface area contributed by atoms with Gasteiger partial charge in [-0.2, -0.15) is 0 Å². The van der Waals surface area contributed by atoms with Crippen molar-refractivity contribution in [3.8, 4) is 0 Å². The molecule has 0 aliphatic heterocycles. The summed E-state index contributed by atoms with van der Waals surface area (Å²) >= 11 is 1.53. The zero-order chi connectivity index (χ0) is 11.8. The van der Waals surface area contributed by atoms with Gasteiger partial charge >= 0.3 is 0 Å². The number of benzene rings is 1. The van der Waals surface area contributed by atoms with Crippen molar-refractivity contribution in [2.45, 2.75) is 6.61 Å². The van der Waals surface area contributed by atoms with Crippen molar-refractivity contribution in [1.29, 1.82) is 0 Å². The first-order valence-corrected chi connectivity index (χ1v) is 5.86. The number of pyridine rings is 1. The Morgan fingerprint density at radius 1 is 1.10 bits per heavy atom. The summed E-state index contributed by atoms with van der Waals surface area (Å²) in [6.07, 6.45) is 0. The molecule has 0 aliphatic rings. The first-order chi connectivity index (χ1) is 8.29. The van der Waals surface area contributed by atoms with Crippen LogP contribution in [-0.4, -0.2) is 9.97 Å². The van der Waals surface area contributed by atoms with Crippen molar-refractivity contribution in [3.63, 3.8) is 0 Å². The first-order valence-electron chi connectivity index (χ1n) is 5.05. The summed E-state index contributed by atoms with van der Waals surface area (Å²) in [5.41, 5.74) is 7.49. The van der Waals surface area contributed by atoms with Gasteiger partial charge in [-0.3, -0.25) is 4.84 Å². The van der Waals surface area contributed by atoms with Crippen LogP contribution in [0, 0.1) is 0 Å². The Morgan fingerprint density at radius 2 is 1.80 bits per heavy atom. The maximum absolute atomic E-state index is 5.89. The van der Waals surface area contributed by atoms with Gasteiger partial charge in [0.2, 0.25) is 0 Å². The Bertz CT molecular complexity index is 707. The third-order valence-corrected chi connectivity index (χ3v) is 3.57. The summed E-state index contributed by atoms with van der Waals surface area (Å²) in [7, 11) is 0. The quantitative estimate of drug-likeness (QED) is 0.690. The molecule has 3 rings (SSSR count). The maximum atomic E-state index is 5.89. The van der Waals surface area contributed by atoms with Gasteiger partial charge in [-0.1, -0.05) is 18.2 Å². The van der Waals surface area contributed by atoms with Crippen LogP contribution in [0.1, 0.15) is 5.01 Å². The summed E-state index contributed by atoms with van der Waals surface area (Å²) < 4.78 is 1.03. The zero-order valence-corrected chi connectivity index (χ0v) is 13.4. The molecule has 0 radical (unpaired) electrons. The average Bonchev–Trinajstić information content (AvgIpc) is 2.74. The third-order valence-electron chi connectivity index (χ3n) is 2.51. The standard InChI is InChI=1S/C11H10N4OS.3ClH/c12-11-9-10(17-8(15-9)5-16-13)6-3-1-2-4-7(6)14-11;;;/h1-4H,5,13H2,(H2,12,14);3*1H. The van der Waals surface area contributed by atoms with Crippen LogP contribution in [0.3, 0.4) is 0 Å². The molecule has 1 aromatic carbocycles. The van der Waals surface area contributed by atoms with E-state index in [1.165, 1.54) is 11.3 Å². The van der Waals surface area contributed by atoms with E-state index in [1.807, 2.05) is 24.3 Å². The average molecular weight is 356 g/mol. The van der Waals surface area contributed by atoms with Gasteiger partial charge in [0.15, 0.2) is 5.82 Å². The van der Waals surface area contributed by atoms with Crippen LogP contribution in [0.25, 0.3) is 21.1 Å². The zero-order valence-electron chi connectivity index (χ0n) is 10.1. The second-order valence-electron chi connectivity index (χ2n) is 3.61. The van der Waals surface area contributed by atoms with E-state index in [2.05, 4.69) is 14.8 Å². The number of nitrogens with two attached hydrogens (primary N) is 2. The van der Waals surface area contributed by atoms with E-state index in [0.29, 0.717) is 5.82 Å². The van der Waals surface area contributed by atoms with E-state index in [-0.39, 0.29) is 43.8 Å². The van der Waals surface area contributed by atoms with Gasteiger partial charge in [-0.05, 0) is 6.07 Å². The maximum Gasteiger partial charge on any atom is 0.151 e. The van der Waals surface area contributed by atoms with Crippen molar-refractivity contribution in [3.05, 3.63) is 29.3 Å². The number of nitrogen functional groups attached to an aromatic ring is 1. The van der Waals surface area contributed by atoms with Gasteiger partial charge in [0, 0.05) is 5.39 Å². The minimum Gasteiger partial charge on any atom is -0.382 e. The van der Waals surface area contributed by atoms with Crippen molar-refractivity contribution < 1.29 is 4.84 Å². The fourth-order valence-electron chi connectivity index (χ4n) is 1.80. The number of aromatic nitrogens is 2. The minimum atomic E-state index is 0. The molecule has 0 unspecified atom stereocenters. The largest absolute Gasteiger partial charge is 0.382 e. The van der Waals surface area contributed by atoms with E-state index in [1.54, 1.807) is 0 Å². The highest BCUT2D eigenvalue weighted by molar-refractivity contribution is 7.19.